The fourth-order valence-corrected chi connectivity index (χ4v) is 4.13. The van der Waals surface area contributed by atoms with Gasteiger partial charge in [-0.2, -0.15) is 0 Å². The molecule has 0 unspecified atom stereocenters. The van der Waals surface area contributed by atoms with E-state index in [-0.39, 0.29) is 5.75 Å². The third-order valence-electron chi connectivity index (χ3n) is 5.17. The highest BCUT2D eigenvalue weighted by Crippen LogP contribution is 2.31. The zero-order valence-electron chi connectivity index (χ0n) is 17.7. The molecule has 0 aliphatic rings. The molecule has 6 heteroatoms. The number of phenolic OH excluding ortho intramolecular Hbond substituents is 1. The summed E-state index contributed by atoms with van der Waals surface area (Å²) >= 11 is 1.30. The first-order valence-electron chi connectivity index (χ1n) is 10.5. The van der Waals surface area contributed by atoms with Gasteiger partial charge >= 0.3 is 0 Å². The van der Waals surface area contributed by atoms with Crippen molar-refractivity contribution in [3.8, 4) is 22.8 Å². The van der Waals surface area contributed by atoms with Crippen molar-refractivity contribution < 1.29 is 9.84 Å². The maximum absolute atomic E-state index is 9.98. The number of phenols is 1. The number of ether oxygens (including phenoxy) is 1. The predicted molar refractivity (Wildman–Crippen MR) is 133 cm³/mol. The Kier molecular flexibility index (Phi) is 6.08. The Hall–Kier alpha value is -4.03. The molecule has 33 heavy (non-hydrogen) atoms. The number of hydrogen-bond acceptors (Lipinski definition) is 6. The van der Waals surface area contributed by atoms with Crippen molar-refractivity contribution >= 4 is 28.5 Å². The monoisotopic (exact) mass is 451 g/mol. The lowest BCUT2D eigenvalue weighted by Gasteiger charge is -2.11. The standard InChI is InChI=1S/C27H21N3O2S/c31-24-7-3-4-8-25(24)33-30-27-26(28-15-16-29-27)21-11-9-19(10-12-21)18-32-23-14-13-20-5-1-2-6-22(20)17-23/h1-17,31H,18H2,(H,29,30). The quantitative estimate of drug-likeness (QED) is 0.268. The van der Waals surface area contributed by atoms with Crippen LogP contribution in [-0.2, 0) is 6.61 Å². The zero-order valence-corrected chi connectivity index (χ0v) is 18.5. The maximum Gasteiger partial charge on any atom is 0.162 e. The average Bonchev–Trinajstić information content (AvgIpc) is 2.87. The van der Waals surface area contributed by atoms with Gasteiger partial charge in [0.1, 0.15) is 23.8 Å². The third-order valence-corrected chi connectivity index (χ3v) is 6.04. The van der Waals surface area contributed by atoms with Gasteiger partial charge in [-0.1, -0.05) is 66.7 Å². The maximum atomic E-state index is 9.98. The fourth-order valence-electron chi connectivity index (χ4n) is 3.45. The van der Waals surface area contributed by atoms with Gasteiger partial charge in [0.25, 0.3) is 0 Å². The molecule has 0 radical (unpaired) electrons. The minimum atomic E-state index is 0.219. The van der Waals surface area contributed by atoms with Gasteiger partial charge in [-0.3, -0.25) is 4.98 Å². The average molecular weight is 452 g/mol. The number of aromatic nitrogens is 2. The molecular formula is C27H21N3O2S. The molecule has 0 aliphatic carbocycles. The van der Waals surface area contributed by atoms with Gasteiger partial charge in [0.05, 0.1) is 4.90 Å². The van der Waals surface area contributed by atoms with Gasteiger partial charge in [-0.05, 0) is 52.5 Å². The van der Waals surface area contributed by atoms with Crippen molar-refractivity contribution in [1.29, 1.82) is 0 Å². The SMILES string of the molecule is Oc1ccccc1SNc1nccnc1-c1ccc(COc2ccc3ccccc3c2)cc1. The van der Waals surface area contributed by atoms with E-state index in [4.69, 9.17) is 4.74 Å². The topological polar surface area (TPSA) is 67.3 Å². The Morgan fingerprint density at radius 3 is 2.39 bits per heavy atom. The van der Waals surface area contributed by atoms with Gasteiger partial charge in [0, 0.05) is 18.0 Å². The van der Waals surface area contributed by atoms with E-state index in [0.717, 1.165) is 32.9 Å². The summed E-state index contributed by atoms with van der Waals surface area (Å²) in [4.78, 5) is 9.64. The summed E-state index contributed by atoms with van der Waals surface area (Å²) in [5, 5.41) is 12.3. The van der Waals surface area contributed by atoms with Crippen molar-refractivity contribution in [2.75, 3.05) is 4.72 Å². The Bertz CT molecular complexity index is 1390. The van der Waals surface area contributed by atoms with E-state index < -0.39 is 0 Å². The van der Waals surface area contributed by atoms with E-state index in [0.29, 0.717) is 12.4 Å². The van der Waals surface area contributed by atoms with Gasteiger partial charge in [-0.15, -0.1) is 0 Å². The van der Waals surface area contributed by atoms with E-state index in [1.165, 1.54) is 17.3 Å². The van der Waals surface area contributed by atoms with Crippen LogP contribution >= 0.6 is 11.9 Å². The molecule has 0 bridgehead atoms. The van der Waals surface area contributed by atoms with E-state index in [1.807, 2.05) is 54.6 Å². The zero-order chi connectivity index (χ0) is 22.5. The van der Waals surface area contributed by atoms with Gasteiger partial charge < -0.3 is 14.6 Å². The van der Waals surface area contributed by atoms with E-state index in [9.17, 15) is 5.11 Å². The number of nitrogens with zero attached hydrogens (tertiary/aromatic N) is 2. The Balaban J connectivity index is 1.27. The van der Waals surface area contributed by atoms with Crippen molar-refractivity contribution in [2.45, 2.75) is 11.5 Å². The highest BCUT2D eigenvalue weighted by molar-refractivity contribution is 8.00. The smallest absolute Gasteiger partial charge is 0.162 e. The summed E-state index contributed by atoms with van der Waals surface area (Å²) in [6, 6.07) is 29.6. The van der Waals surface area contributed by atoms with Crippen LogP contribution in [0.25, 0.3) is 22.0 Å². The van der Waals surface area contributed by atoms with Crippen LogP contribution in [0.3, 0.4) is 0 Å². The van der Waals surface area contributed by atoms with Crippen LogP contribution in [0.2, 0.25) is 0 Å². The molecule has 5 aromatic rings. The lowest BCUT2D eigenvalue weighted by molar-refractivity contribution is 0.306. The number of hydrogen-bond donors (Lipinski definition) is 2. The summed E-state index contributed by atoms with van der Waals surface area (Å²) in [5.41, 5.74) is 2.74. The largest absolute Gasteiger partial charge is 0.507 e. The summed E-state index contributed by atoms with van der Waals surface area (Å²) in [6.07, 6.45) is 3.31. The van der Waals surface area contributed by atoms with Gasteiger partial charge in [0.15, 0.2) is 5.82 Å². The summed E-state index contributed by atoms with van der Waals surface area (Å²) in [6.45, 7) is 0.479. The van der Waals surface area contributed by atoms with Crippen LogP contribution in [0.15, 0.2) is 108 Å². The van der Waals surface area contributed by atoms with Crippen molar-refractivity contribution in [2.24, 2.45) is 0 Å². The van der Waals surface area contributed by atoms with Crippen LogP contribution in [-0.4, -0.2) is 15.1 Å². The first-order valence-corrected chi connectivity index (χ1v) is 11.3. The van der Waals surface area contributed by atoms with E-state index in [2.05, 4.69) is 39.0 Å². The first-order chi connectivity index (χ1) is 16.3. The van der Waals surface area contributed by atoms with Crippen LogP contribution < -0.4 is 9.46 Å². The summed E-state index contributed by atoms with van der Waals surface area (Å²) in [7, 11) is 0. The lowest BCUT2D eigenvalue weighted by atomic mass is 10.1. The van der Waals surface area contributed by atoms with Crippen LogP contribution in [0.1, 0.15) is 5.56 Å². The second-order valence-electron chi connectivity index (χ2n) is 7.42. The number of para-hydroxylation sites is 1. The Morgan fingerprint density at radius 1 is 0.788 bits per heavy atom. The number of benzene rings is 4. The molecule has 0 saturated carbocycles. The van der Waals surface area contributed by atoms with Crippen molar-refractivity contribution in [3.05, 3.63) is 109 Å². The normalized spacial score (nSPS) is 10.8. The van der Waals surface area contributed by atoms with E-state index >= 15 is 0 Å². The number of rotatable bonds is 7. The highest BCUT2D eigenvalue weighted by atomic mass is 32.2. The molecule has 0 aliphatic heterocycles. The molecule has 2 N–H and O–H groups in total. The lowest BCUT2D eigenvalue weighted by Crippen LogP contribution is -1.98. The second-order valence-corrected chi connectivity index (χ2v) is 8.27. The number of nitrogens with one attached hydrogen (secondary N) is 1. The summed E-state index contributed by atoms with van der Waals surface area (Å²) in [5.74, 6) is 1.70. The predicted octanol–water partition coefficient (Wildman–Crippen LogP) is 6.70. The number of anilines is 1. The molecule has 4 aromatic carbocycles. The molecule has 0 amide bonds. The molecule has 5 rings (SSSR count). The Labute approximate surface area is 196 Å². The highest BCUT2D eigenvalue weighted by Gasteiger charge is 2.10. The van der Waals surface area contributed by atoms with Crippen molar-refractivity contribution in [1.82, 2.24) is 9.97 Å². The molecule has 1 heterocycles. The molecule has 0 atom stereocenters. The summed E-state index contributed by atoms with van der Waals surface area (Å²) < 4.78 is 9.20. The fraction of sp³-hybridized carbons (Fsp3) is 0.0370. The van der Waals surface area contributed by atoms with Crippen LogP contribution in [0.5, 0.6) is 11.5 Å². The first kappa shape index (κ1) is 20.8. The molecule has 1 aromatic heterocycles. The minimum Gasteiger partial charge on any atom is -0.507 e. The van der Waals surface area contributed by atoms with Gasteiger partial charge in [0.2, 0.25) is 0 Å². The Morgan fingerprint density at radius 2 is 1.55 bits per heavy atom. The van der Waals surface area contributed by atoms with Crippen molar-refractivity contribution in [3.63, 3.8) is 0 Å². The molecule has 0 fully saturated rings. The van der Waals surface area contributed by atoms with Crippen LogP contribution in [0, 0.1) is 0 Å². The molecule has 0 saturated heterocycles. The molecule has 5 nitrogen and oxygen atoms in total. The minimum absolute atomic E-state index is 0.219. The molecular weight excluding hydrogens is 430 g/mol. The van der Waals surface area contributed by atoms with Gasteiger partial charge in [-0.25, -0.2) is 4.98 Å². The third kappa shape index (κ3) is 4.91. The molecule has 0 spiro atoms. The number of fused-ring (bicyclic) bond motifs is 1. The molecule has 162 valence electrons. The number of aromatic hydroxyl groups is 1. The van der Waals surface area contributed by atoms with E-state index in [1.54, 1.807) is 24.5 Å². The second kappa shape index (κ2) is 9.63. The van der Waals surface area contributed by atoms with Crippen LogP contribution in [0.4, 0.5) is 5.82 Å².